The van der Waals surface area contributed by atoms with E-state index >= 15 is 0 Å². The summed E-state index contributed by atoms with van der Waals surface area (Å²) in [7, 11) is 0. The van der Waals surface area contributed by atoms with Crippen LogP contribution in [0.1, 0.15) is 0 Å². The largest absolute Gasteiger partial charge is 0.508 e. The standard InChI is InChI=1S/C20H15N3O2/c24-14-23(15-9-11-16(25)12-10-15)20-8-4-3-7-19(20)22-13-21-17-5-1-2-6-18(17)22/h1-14,25H. The maximum atomic E-state index is 11.8. The Bertz CT molecular complexity index is 1040. The average Bonchev–Trinajstić information content (AvgIpc) is 3.08. The van der Waals surface area contributed by atoms with Crippen LogP contribution in [0.5, 0.6) is 5.75 Å². The zero-order chi connectivity index (χ0) is 17.2. The Kier molecular flexibility index (Phi) is 3.67. The first kappa shape index (κ1) is 15.0. The molecule has 3 aromatic carbocycles. The van der Waals surface area contributed by atoms with Crippen LogP contribution in [0.2, 0.25) is 0 Å². The lowest BCUT2D eigenvalue weighted by Gasteiger charge is -2.21. The number of hydrogen-bond donors (Lipinski definition) is 1. The molecule has 1 N–H and O–H groups in total. The van der Waals surface area contributed by atoms with E-state index in [9.17, 15) is 9.90 Å². The number of nitrogens with zero attached hydrogens (tertiary/aromatic N) is 3. The fourth-order valence-corrected chi connectivity index (χ4v) is 2.89. The maximum absolute atomic E-state index is 11.8. The molecule has 0 radical (unpaired) electrons. The predicted octanol–water partition coefficient (Wildman–Crippen LogP) is 4.03. The number of phenolic OH excluding ortho intramolecular Hbond substituents is 1. The van der Waals surface area contributed by atoms with E-state index in [1.165, 1.54) is 0 Å². The fraction of sp³-hybridized carbons (Fsp3) is 0. The Balaban J connectivity index is 1.89. The number of phenols is 1. The summed E-state index contributed by atoms with van der Waals surface area (Å²) >= 11 is 0. The summed E-state index contributed by atoms with van der Waals surface area (Å²) in [5, 5.41) is 9.49. The number of rotatable bonds is 4. The smallest absolute Gasteiger partial charge is 0.218 e. The highest BCUT2D eigenvalue weighted by Crippen LogP contribution is 2.32. The quantitative estimate of drug-likeness (QED) is 0.575. The highest BCUT2D eigenvalue weighted by molar-refractivity contribution is 5.91. The molecule has 4 rings (SSSR count). The molecule has 0 fully saturated rings. The van der Waals surface area contributed by atoms with Crippen LogP contribution in [-0.2, 0) is 4.79 Å². The first-order valence-electron chi connectivity index (χ1n) is 7.83. The van der Waals surface area contributed by atoms with Crippen LogP contribution in [-0.4, -0.2) is 21.1 Å². The monoisotopic (exact) mass is 329 g/mol. The number of anilines is 2. The van der Waals surface area contributed by atoms with Crippen LogP contribution in [0.3, 0.4) is 0 Å². The van der Waals surface area contributed by atoms with E-state index in [0.717, 1.165) is 28.8 Å². The van der Waals surface area contributed by atoms with E-state index in [-0.39, 0.29) is 5.75 Å². The molecule has 0 saturated heterocycles. The summed E-state index contributed by atoms with van der Waals surface area (Å²) in [6, 6.07) is 22.0. The van der Waals surface area contributed by atoms with Gasteiger partial charge in [0.15, 0.2) is 0 Å². The van der Waals surface area contributed by atoms with E-state index in [0.29, 0.717) is 5.69 Å². The number of carbonyl (C=O) groups excluding carboxylic acids is 1. The second-order valence-corrected chi connectivity index (χ2v) is 5.58. The third-order valence-electron chi connectivity index (χ3n) is 4.09. The molecule has 0 bridgehead atoms. The molecule has 0 aliphatic heterocycles. The topological polar surface area (TPSA) is 58.4 Å². The lowest BCUT2D eigenvalue weighted by atomic mass is 10.2. The van der Waals surface area contributed by atoms with Gasteiger partial charge in [-0.3, -0.25) is 14.3 Å². The minimum atomic E-state index is 0.156. The van der Waals surface area contributed by atoms with Gasteiger partial charge < -0.3 is 5.11 Å². The zero-order valence-corrected chi connectivity index (χ0v) is 13.3. The molecule has 0 unspecified atom stereocenters. The van der Waals surface area contributed by atoms with E-state index in [1.54, 1.807) is 35.5 Å². The van der Waals surface area contributed by atoms with Crippen LogP contribution < -0.4 is 4.90 Å². The molecule has 122 valence electrons. The molecular formula is C20H15N3O2. The van der Waals surface area contributed by atoms with Crippen molar-refractivity contribution in [2.45, 2.75) is 0 Å². The van der Waals surface area contributed by atoms with Crippen molar-refractivity contribution >= 4 is 28.8 Å². The minimum absolute atomic E-state index is 0.156. The molecule has 0 aliphatic carbocycles. The molecule has 0 aliphatic rings. The zero-order valence-electron chi connectivity index (χ0n) is 13.3. The summed E-state index contributed by atoms with van der Waals surface area (Å²) in [4.78, 5) is 17.8. The summed E-state index contributed by atoms with van der Waals surface area (Å²) < 4.78 is 1.96. The number of para-hydroxylation sites is 4. The Morgan fingerprint density at radius 2 is 1.64 bits per heavy atom. The second-order valence-electron chi connectivity index (χ2n) is 5.58. The van der Waals surface area contributed by atoms with Crippen molar-refractivity contribution in [1.29, 1.82) is 0 Å². The van der Waals surface area contributed by atoms with Crippen LogP contribution in [0, 0.1) is 0 Å². The van der Waals surface area contributed by atoms with Crippen molar-refractivity contribution in [3.8, 4) is 11.4 Å². The van der Waals surface area contributed by atoms with E-state index in [1.807, 2.05) is 53.1 Å². The van der Waals surface area contributed by atoms with Crippen molar-refractivity contribution in [2.75, 3.05) is 4.90 Å². The van der Waals surface area contributed by atoms with Crippen LogP contribution in [0.4, 0.5) is 11.4 Å². The summed E-state index contributed by atoms with van der Waals surface area (Å²) in [5.41, 5.74) is 4.10. The molecule has 4 aromatic rings. The number of hydrogen-bond acceptors (Lipinski definition) is 3. The first-order valence-corrected chi connectivity index (χ1v) is 7.83. The average molecular weight is 329 g/mol. The minimum Gasteiger partial charge on any atom is -0.508 e. The molecule has 5 heteroatoms. The lowest BCUT2D eigenvalue weighted by Crippen LogP contribution is -2.16. The molecule has 0 atom stereocenters. The Morgan fingerprint density at radius 1 is 0.920 bits per heavy atom. The van der Waals surface area contributed by atoms with Crippen molar-refractivity contribution in [3.05, 3.63) is 79.1 Å². The first-order chi connectivity index (χ1) is 12.3. The van der Waals surface area contributed by atoms with Crippen molar-refractivity contribution in [3.63, 3.8) is 0 Å². The molecule has 1 heterocycles. The molecule has 5 nitrogen and oxygen atoms in total. The summed E-state index contributed by atoms with van der Waals surface area (Å²) in [6.07, 6.45) is 2.52. The van der Waals surface area contributed by atoms with Gasteiger partial charge in [-0.25, -0.2) is 4.98 Å². The van der Waals surface area contributed by atoms with Crippen molar-refractivity contribution in [1.82, 2.24) is 9.55 Å². The molecule has 1 amide bonds. The van der Waals surface area contributed by atoms with E-state index in [4.69, 9.17) is 0 Å². The number of benzene rings is 3. The molecule has 1 aromatic heterocycles. The van der Waals surface area contributed by atoms with Gasteiger partial charge in [-0.05, 0) is 48.5 Å². The summed E-state index contributed by atoms with van der Waals surface area (Å²) in [5.74, 6) is 0.156. The van der Waals surface area contributed by atoms with Gasteiger partial charge in [0, 0.05) is 5.69 Å². The molecule has 0 spiro atoms. The lowest BCUT2D eigenvalue weighted by molar-refractivity contribution is -0.106. The number of carbonyl (C=O) groups is 1. The van der Waals surface area contributed by atoms with Crippen molar-refractivity contribution in [2.24, 2.45) is 0 Å². The van der Waals surface area contributed by atoms with Gasteiger partial charge in [0.05, 0.1) is 22.4 Å². The molecule has 0 saturated carbocycles. The maximum Gasteiger partial charge on any atom is 0.218 e. The number of amides is 1. The summed E-state index contributed by atoms with van der Waals surface area (Å²) in [6.45, 7) is 0. The predicted molar refractivity (Wildman–Crippen MR) is 97.4 cm³/mol. The Hall–Kier alpha value is -3.60. The van der Waals surface area contributed by atoms with Crippen LogP contribution in [0.15, 0.2) is 79.1 Å². The highest BCUT2D eigenvalue weighted by atomic mass is 16.3. The van der Waals surface area contributed by atoms with E-state index < -0.39 is 0 Å². The molecular weight excluding hydrogens is 314 g/mol. The second kappa shape index (κ2) is 6.13. The van der Waals surface area contributed by atoms with Gasteiger partial charge in [0.1, 0.15) is 12.1 Å². The Morgan fingerprint density at radius 3 is 2.44 bits per heavy atom. The fourth-order valence-electron chi connectivity index (χ4n) is 2.89. The van der Waals surface area contributed by atoms with Crippen LogP contribution >= 0.6 is 0 Å². The van der Waals surface area contributed by atoms with Gasteiger partial charge in [-0.2, -0.15) is 0 Å². The number of aromatic nitrogens is 2. The van der Waals surface area contributed by atoms with Gasteiger partial charge in [0.2, 0.25) is 6.41 Å². The Labute approximate surface area is 144 Å². The SMILES string of the molecule is O=CN(c1ccc(O)cc1)c1ccccc1-n1cnc2ccccc21. The third-order valence-corrected chi connectivity index (χ3v) is 4.09. The normalized spacial score (nSPS) is 10.7. The number of aromatic hydroxyl groups is 1. The van der Waals surface area contributed by atoms with E-state index in [2.05, 4.69) is 4.98 Å². The van der Waals surface area contributed by atoms with Crippen LogP contribution in [0.25, 0.3) is 16.7 Å². The van der Waals surface area contributed by atoms with Gasteiger partial charge in [-0.15, -0.1) is 0 Å². The number of fused-ring (bicyclic) bond motifs is 1. The molecule has 25 heavy (non-hydrogen) atoms. The van der Waals surface area contributed by atoms with Crippen molar-refractivity contribution < 1.29 is 9.90 Å². The van der Waals surface area contributed by atoms with Gasteiger partial charge >= 0.3 is 0 Å². The highest BCUT2D eigenvalue weighted by Gasteiger charge is 2.15. The van der Waals surface area contributed by atoms with Gasteiger partial charge in [0.25, 0.3) is 0 Å². The third kappa shape index (κ3) is 2.61. The van der Waals surface area contributed by atoms with Gasteiger partial charge in [-0.1, -0.05) is 24.3 Å². The number of imidazole rings is 1.